The maximum atomic E-state index is 9.32. The third-order valence-corrected chi connectivity index (χ3v) is 4.01. The van der Waals surface area contributed by atoms with Gasteiger partial charge in [0, 0.05) is 19.1 Å². The Hall–Kier alpha value is -0.580. The fourth-order valence-electron chi connectivity index (χ4n) is 2.52. The molecule has 1 aromatic heterocycles. The van der Waals surface area contributed by atoms with Crippen LogP contribution in [-0.4, -0.2) is 39.0 Å². The molecule has 0 spiro atoms. The van der Waals surface area contributed by atoms with Crippen LogP contribution < -0.4 is 0 Å². The van der Waals surface area contributed by atoms with Gasteiger partial charge in [-0.25, -0.2) is 0 Å². The molecule has 1 saturated heterocycles. The molecule has 0 bridgehead atoms. The second-order valence-electron chi connectivity index (χ2n) is 4.61. The van der Waals surface area contributed by atoms with Crippen LogP contribution in [0.5, 0.6) is 0 Å². The third-order valence-electron chi connectivity index (χ3n) is 3.52. The summed E-state index contributed by atoms with van der Waals surface area (Å²) in [6, 6.07) is 0.284. The molecule has 0 aromatic carbocycles. The summed E-state index contributed by atoms with van der Waals surface area (Å²) < 4.78 is 1.96. The van der Waals surface area contributed by atoms with Crippen LogP contribution in [0.1, 0.15) is 31.2 Å². The van der Waals surface area contributed by atoms with Gasteiger partial charge in [-0.3, -0.25) is 9.58 Å². The molecule has 1 unspecified atom stereocenters. The summed E-state index contributed by atoms with van der Waals surface area (Å²) in [7, 11) is 0. The van der Waals surface area contributed by atoms with Gasteiger partial charge in [-0.1, -0.05) is 11.6 Å². The van der Waals surface area contributed by atoms with Gasteiger partial charge in [0.25, 0.3) is 0 Å². The highest BCUT2D eigenvalue weighted by Gasteiger charge is 2.26. The minimum atomic E-state index is 0.233. The minimum absolute atomic E-state index is 0.233. The Morgan fingerprint density at radius 1 is 1.53 bits per heavy atom. The standard InChI is InChI=1S/C12H20ClN3O/c1-3-16-11(12(13)9(2)14-16)7-15-6-4-5-10(15)8-17/h10,17H,3-8H2,1-2H3. The van der Waals surface area contributed by atoms with Crippen molar-refractivity contribution in [1.82, 2.24) is 14.7 Å². The topological polar surface area (TPSA) is 41.3 Å². The van der Waals surface area contributed by atoms with Crippen molar-refractivity contribution in [3.63, 3.8) is 0 Å². The minimum Gasteiger partial charge on any atom is -0.395 e. The highest BCUT2D eigenvalue weighted by molar-refractivity contribution is 6.31. The molecule has 96 valence electrons. The number of aryl methyl sites for hydroxylation is 2. The lowest BCUT2D eigenvalue weighted by Crippen LogP contribution is -2.32. The Balaban J connectivity index is 2.17. The zero-order valence-corrected chi connectivity index (χ0v) is 11.2. The summed E-state index contributed by atoms with van der Waals surface area (Å²) in [6.45, 7) is 6.90. The van der Waals surface area contributed by atoms with E-state index in [1.165, 1.54) is 0 Å². The predicted octanol–water partition coefficient (Wildman–Crippen LogP) is 1.82. The SMILES string of the molecule is CCn1nc(C)c(Cl)c1CN1CCCC1CO. The molecule has 2 heterocycles. The Bertz CT molecular complexity index is 391. The lowest BCUT2D eigenvalue weighted by atomic mass is 10.2. The first kappa shape index (κ1) is 12.9. The molecule has 1 aliphatic rings. The average Bonchev–Trinajstić information content (AvgIpc) is 2.88. The van der Waals surface area contributed by atoms with Gasteiger partial charge in [0.15, 0.2) is 0 Å². The molecule has 5 heteroatoms. The van der Waals surface area contributed by atoms with Crippen molar-refractivity contribution in [2.75, 3.05) is 13.2 Å². The highest BCUT2D eigenvalue weighted by atomic mass is 35.5. The molecule has 0 radical (unpaired) electrons. The van der Waals surface area contributed by atoms with Gasteiger partial charge in [-0.15, -0.1) is 0 Å². The van der Waals surface area contributed by atoms with Crippen LogP contribution in [0.3, 0.4) is 0 Å². The molecule has 1 fully saturated rings. The molecule has 1 atom stereocenters. The number of hydrogen-bond acceptors (Lipinski definition) is 3. The van der Waals surface area contributed by atoms with Crippen LogP contribution in [-0.2, 0) is 13.1 Å². The lowest BCUT2D eigenvalue weighted by Gasteiger charge is -2.23. The Morgan fingerprint density at radius 2 is 2.29 bits per heavy atom. The summed E-state index contributed by atoms with van der Waals surface area (Å²) in [5.74, 6) is 0. The lowest BCUT2D eigenvalue weighted by molar-refractivity contribution is 0.151. The summed E-state index contributed by atoms with van der Waals surface area (Å²) in [5, 5.41) is 14.5. The summed E-state index contributed by atoms with van der Waals surface area (Å²) in [4.78, 5) is 2.30. The second-order valence-corrected chi connectivity index (χ2v) is 4.99. The highest BCUT2D eigenvalue weighted by Crippen LogP contribution is 2.25. The van der Waals surface area contributed by atoms with E-state index in [0.29, 0.717) is 0 Å². The molecule has 0 aliphatic carbocycles. The normalized spacial score (nSPS) is 21.3. The number of hydrogen-bond donors (Lipinski definition) is 1. The van der Waals surface area contributed by atoms with E-state index in [1.54, 1.807) is 0 Å². The van der Waals surface area contributed by atoms with Gasteiger partial charge in [0.2, 0.25) is 0 Å². The first-order chi connectivity index (χ1) is 8.17. The van der Waals surface area contributed by atoms with E-state index in [1.807, 2.05) is 11.6 Å². The van der Waals surface area contributed by atoms with Gasteiger partial charge in [0.1, 0.15) is 0 Å². The molecule has 0 saturated carbocycles. The summed E-state index contributed by atoms with van der Waals surface area (Å²) in [5.41, 5.74) is 1.97. The Labute approximate surface area is 107 Å². The van der Waals surface area contributed by atoms with Gasteiger partial charge in [0.05, 0.1) is 23.0 Å². The maximum Gasteiger partial charge on any atom is 0.0860 e. The Morgan fingerprint density at radius 3 is 2.94 bits per heavy atom. The summed E-state index contributed by atoms with van der Waals surface area (Å²) >= 11 is 6.29. The molecule has 1 N–H and O–H groups in total. The average molecular weight is 258 g/mol. The van der Waals surface area contributed by atoms with Gasteiger partial charge < -0.3 is 5.11 Å². The molecule has 2 rings (SSSR count). The quantitative estimate of drug-likeness (QED) is 0.895. The van der Waals surface area contributed by atoms with E-state index >= 15 is 0 Å². The van der Waals surface area contributed by atoms with E-state index < -0.39 is 0 Å². The molecule has 17 heavy (non-hydrogen) atoms. The number of aromatic nitrogens is 2. The Kier molecular flexibility index (Phi) is 4.07. The van der Waals surface area contributed by atoms with Crippen LogP contribution in [0, 0.1) is 6.92 Å². The second kappa shape index (κ2) is 5.38. The van der Waals surface area contributed by atoms with Crippen molar-refractivity contribution < 1.29 is 5.11 Å². The maximum absolute atomic E-state index is 9.32. The van der Waals surface area contributed by atoms with Crippen LogP contribution in [0.4, 0.5) is 0 Å². The predicted molar refractivity (Wildman–Crippen MR) is 68.2 cm³/mol. The van der Waals surface area contributed by atoms with Crippen molar-refractivity contribution in [1.29, 1.82) is 0 Å². The van der Waals surface area contributed by atoms with Gasteiger partial charge in [-0.2, -0.15) is 5.10 Å². The number of rotatable bonds is 4. The zero-order valence-electron chi connectivity index (χ0n) is 10.5. The molecule has 4 nitrogen and oxygen atoms in total. The van der Waals surface area contributed by atoms with Crippen molar-refractivity contribution in [3.05, 3.63) is 16.4 Å². The van der Waals surface area contributed by atoms with Crippen LogP contribution >= 0.6 is 11.6 Å². The van der Waals surface area contributed by atoms with E-state index in [4.69, 9.17) is 11.6 Å². The number of halogens is 1. The van der Waals surface area contributed by atoms with Crippen molar-refractivity contribution in [2.45, 2.75) is 45.8 Å². The van der Waals surface area contributed by atoms with Gasteiger partial charge in [-0.05, 0) is 33.2 Å². The monoisotopic (exact) mass is 257 g/mol. The molecular formula is C12H20ClN3O. The number of likely N-dealkylation sites (tertiary alicyclic amines) is 1. The van der Waals surface area contributed by atoms with E-state index in [0.717, 1.165) is 48.9 Å². The largest absolute Gasteiger partial charge is 0.395 e. The van der Waals surface area contributed by atoms with Crippen molar-refractivity contribution in [3.8, 4) is 0 Å². The fraction of sp³-hybridized carbons (Fsp3) is 0.750. The van der Waals surface area contributed by atoms with Crippen LogP contribution in [0.15, 0.2) is 0 Å². The van der Waals surface area contributed by atoms with Gasteiger partial charge >= 0.3 is 0 Å². The first-order valence-electron chi connectivity index (χ1n) is 6.24. The first-order valence-corrected chi connectivity index (χ1v) is 6.61. The van der Waals surface area contributed by atoms with E-state index in [2.05, 4.69) is 16.9 Å². The third kappa shape index (κ3) is 2.49. The number of nitrogens with zero attached hydrogens (tertiary/aromatic N) is 3. The number of aliphatic hydroxyl groups excluding tert-OH is 1. The van der Waals surface area contributed by atoms with Crippen molar-refractivity contribution in [2.24, 2.45) is 0 Å². The fourth-order valence-corrected chi connectivity index (χ4v) is 2.72. The van der Waals surface area contributed by atoms with Crippen LogP contribution in [0.25, 0.3) is 0 Å². The molecule has 1 aromatic rings. The smallest absolute Gasteiger partial charge is 0.0860 e. The van der Waals surface area contributed by atoms with E-state index in [-0.39, 0.29) is 12.6 Å². The molecule has 0 amide bonds. The molecule has 1 aliphatic heterocycles. The zero-order chi connectivity index (χ0) is 12.4. The summed E-state index contributed by atoms with van der Waals surface area (Å²) in [6.07, 6.45) is 2.23. The van der Waals surface area contributed by atoms with Crippen LogP contribution in [0.2, 0.25) is 5.02 Å². The number of aliphatic hydroxyl groups is 1. The van der Waals surface area contributed by atoms with Crippen molar-refractivity contribution >= 4 is 11.6 Å². The molecular weight excluding hydrogens is 238 g/mol. The van der Waals surface area contributed by atoms with E-state index in [9.17, 15) is 5.11 Å².